The molecule has 1 aliphatic heterocycles. The highest BCUT2D eigenvalue weighted by Crippen LogP contribution is 2.34. The number of nitrogens with zero attached hydrogens (tertiary/aromatic N) is 1. The van der Waals surface area contributed by atoms with Gasteiger partial charge in [0.15, 0.2) is 0 Å². The molecule has 1 aromatic rings. The molecule has 0 aliphatic carbocycles. The highest BCUT2D eigenvalue weighted by atomic mass is 16.3. The van der Waals surface area contributed by atoms with Crippen LogP contribution in [-0.2, 0) is 13.1 Å². The lowest BCUT2D eigenvalue weighted by molar-refractivity contribution is 0.104. The van der Waals surface area contributed by atoms with E-state index in [2.05, 4.69) is 18.7 Å². The van der Waals surface area contributed by atoms with Crippen LogP contribution in [0.5, 0.6) is 0 Å². The van der Waals surface area contributed by atoms with Crippen LogP contribution in [0.4, 0.5) is 0 Å². The number of hydrogen-bond acceptors (Lipinski definition) is 3. The molecule has 0 saturated carbocycles. The molecule has 0 radical (unpaired) electrons. The Kier molecular flexibility index (Phi) is 3.89. The van der Waals surface area contributed by atoms with E-state index in [9.17, 15) is 0 Å². The molecule has 96 valence electrons. The minimum atomic E-state index is 0.552. The van der Waals surface area contributed by atoms with Crippen molar-refractivity contribution in [2.45, 2.75) is 46.2 Å². The van der Waals surface area contributed by atoms with E-state index in [4.69, 9.17) is 10.2 Å². The van der Waals surface area contributed by atoms with Crippen molar-refractivity contribution in [1.82, 2.24) is 4.90 Å². The van der Waals surface area contributed by atoms with Crippen molar-refractivity contribution < 1.29 is 4.42 Å². The third kappa shape index (κ3) is 2.90. The van der Waals surface area contributed by atoms with E-state index in [0.717, 1.165) is 17.9 Å². The van der Waals surface area contributed by atoms with Crippen molar-refractivity contribution in [1.29, 1.82) is 0 Å². The number of rotatable bonds is 4. The Balaban J connectivity index is 1.90. The number of nitrogens with two attached hydrogens (primary N) is 1. The lowest BCUT2D eigenvalue weighted by Crippen LogP contribution is -2.38. The van der Waals surface area contributed by atoms with Gasteiger partial charge < -0.3 is 10.2 Å². The SMILES string of the molecule is CCC1(C)CCN(Cc2occc2CN)CC1. The first-order valence-electron chi connectivity index (χ1n) is 6.64. The molecule has 3 heteroatoms. The summed E-state index contributed by atoms with van der Waals surface area (Å²) in [6, 6.07) is 1.98. The lowest BCUT2D eigenvalue weighted by Gasteiger charge is -2.38. The van der Waals surface area contributed by atoms with Crippen LogP contribution in [0.3, 0.4) is 0 Å². The molecule has 0 aromatic carbocycles. The molecule has 1 aromatic heterocycles. The van der Waals surface area contributed by atoms with Crippen molar-refractivity contribution in [2.75, 3.05) is 13.1 Å². The maximum Gasteiger partial charge on any atom is 0.122 e. The van der Waals surface area contributed by atoms with Gasteiger partial charge in [-0.3, -0.25) is 4.90 Å². The average Bonchev–Trinajstić information content (AvgIpc) is 2.80. The fourth-order valence-corrected chi connectivity index (χ4v) is 2.50. The third-order valence-corrected chi connectivity index (χ3v) is 4.34. The van der Waals surface area contributed by atoms with Gasteiger partial charge in [-0.2, -0.15) is 0 Å². The summed E-state index contributed by atoms with van der Waals surface area (Å²) in [5, 5.41) is 0. The zero-order valence-electron chi connectivity index (χ0n) is 11.0. The zero-order valence-corrected chi connectivity index (χ0v) is 11.0. The molecular formula is C14H24N2O. The van der Waals surface area contributed by atoms with Crippen molar-refractivity contribution in [2.24, 2.45) is 11.1 Å². The van der Waals surface area contributed by atoms with Crippen molar-refractivity contribution in [3.8, 4) is 0 Å². The van der Waals surface area contributed by atoms with E-state index in [-0.39, 0.29) is 0 Å². The first-order chi connectivity index (χ1) is 8.17. The number of likely N-dealkylation sites (tertiary alicyclic amines) is 1. The van der Waals surface area contributed by atoms with E-state index in [1.807, 2.05) is 6.07 Å². The molecule has 2 rings (SSSR count). The smallest absolute Gasteiger partial charge is 0.122 e. The standard InChI is InChI=1S/C14H24N2O/c1-3-14(2)5-7-16(8-6-14)11-13-12(10-15)4-9-17-13/h4,9H,3,5-8,10-11,15H2,1-2H3. The fraction of sp³-hybridized carbons (Fsp3) is 0.714. The quantitative estimate of drug-likeness (QED) is 0.874. The molecule has 1 saturated heterocycles. The Morgan fingerprint density at radius 3 is 2.71 bits per heavy atom. The number of hydrogen-bond donors (Lipinski definition) is 1. The Labute approximate surface area is 104 Å². The Morgan fingerprint density at radius 1 is 1.41 bits per heavy atom. The molecule has 0 spiro atoms. The van der Waals surface area contributed by atoms with Crippen LogP contribution in [0.25, 0.3) is 0 Å². The minimum absolute atomic E-state index is 0.552. The van der Waals surface area contributed by atoms with E-state index in [1.165, 1.54) is 32.4 Å². The maximum atomic E-state index is 5.69. The Bertz CT molecular complexity index is 351. The second kappa shape index (κ2) is 5.23. The molecule has 0 bridgehead atoms. The molecule has 0 atom stereocenters. The van der Waals surface area contributed by atoms with Gasteiger partial charge in [-0.15, -0.1) is 0 Å². The summed E-state index contributed by atoms with van der Waals surface area (Å²) in [4.78, 5) is 2.48. The van der Waals surface area contributed by atoms with Crippen LogP contribution >= 0.6 is 0 Å². The monoisotopic (exact) mass is 236 g/mol. The van der Waals surface area contributed by atoms with Crippen LogP contribution in [0, 0.1) is 5.41 Å². The van der Waals surface area contributed by atoms with Crippen LogP contribution in [0.1, 0.15) is 44.4 Å². The average molecular weight is 236 g/mol. The summed E-state index contributed by atoms with van der Waals surface area (Å²) in [5.41, 5.74) is 7.39. The largest absolute Gasteiger partial charge is 0.468 e. The van der Waals surface area contributed by atoms with Gasteiger partial charge in [0.05, 0.1) is 12.8 Å². The van der Waals surface area contributed by atoms with Crippen molar-refractivity contribution in [3.63, 3.8) is 0 Å². The van der Waals surface area contributed by atoms with E-state index in [0.29, 0.717) is 12.0 Å². The second-order valence-electron chi connectivity index (χ2n) is 5.51. The first-order valence-corrected chi connectivity index (χ1v) is 6.64. The minimum Gasteiger partial charge on any atom is -0.468 e. The summed E-state index contributed by atoms with van der Waals surface area (Å²) in [6.07, 6.45) is 5.62. The summed E-state index contributed by atoms with van der Waals surface area (Å²) in [7, 11) is 0. The van der Waals surface area contributed by atoms with Crippen LogP contribution in [0.2, 0.25) is 0 Å². The molecule has 3 nitrogen and oxygen atoms in total. The molecule has 0 unspecified atom stereocenters. The predicted molar refractivity (Wildman–Crippen MR) is 69.5 cm³/mol. The normalized spacial score (nSPS) is 20.6. The zero-order chi connectivity index (χ0) is 12.3. The topological polar surface area (TPSA) is 42.4 Å². The second-order valence-corrected chi connectivity index (χ2v) is 5.51. The van der Waals surface area contributed by atoms with Gasteiger partial charge in [-0.25, -0.2) is 0 Å². The van der Waals surface area contributed by atoms with Gasteiger partial charge >= 0.3 is 0 Å². The third-order valence-electron chi connectivity index (χ3n) is 4.34. The fourth-order valence-electron chi connectivity index (χ4n) is 2.50. The van der Waals surface area contributed by atoms with Gasteiger partial charge in [0, 0.05) is 12.1 Å². The van der Waals surface area contributed by atoms with E-state index >= 15 is 0 Å². The molecule has 0 amide bonds. The lowest BCUT2D eigenvalue weighted by atomic mass is 9.78. The van der Waals surface area contributed by atoms with Gasteiger partial charge in [-0.1, -0.05) is 20.3 Å². The summed E-state index contributed by atoms with van der Waals surface area (Å²) >= 11 is 0. The molecule has 1 fully saturated rings. The Hall–Kier alpha value is -0.800. The van der Waals surface area contributed by atoms with Gasteiger partial charge in [0.2, 0.25) is 0 Å². The predicted octanol–water partition coefficient (Wildman–Crippen LogP) is 2.75. The van der Waals surface area contributed by atoms with E-state index in [1.54, 1.807) is 6.26 Å². The van der Waals surface area contributed by atoms with E-state index < -0.39 is 0 Å². The van der Waals surface area contributed by atoms with Gasteiger partial charge in [0.25, 0.3) is 0 Å². The Morgan fingerprint density at radius 2 is 2.12 bits per heavy atom. The molecule has 2 N–H and O–H groups in total. The molecular weight excluding hydrogens is 212 g/mol. The van der Waals surface area contributed by atoms with Crippen LogP contribution in [0.15, 0.2) is 16.7 Å². The first kappa shape index (κ1) is 12.7. The summed E-state index contributed by atoms with van der Waals surface area (Å²) in [6.45, 7) is 8.55. The maximum absolute atomic E-state index is 5.69. The molecule has 2 heterocycles. The number of furan rings is 1. The molecule has 17 heavy (non-hydrogen) atoms. The highest BCUT2D eigenvalue weighted by Gasteiger charge is 2.28. The molecule has 1 aliphatic rings. The summed E-state index contributed by atoms with van der Waals surface area (Å²) in [5.74, 6) is 1.05. The highest BCUT2D eigenvalue weighted by molar-refractivity contribution is 5.16. The van der Waals surface area contributed by atoms with Crippen LogP contribution in [-0.4, -0.2) is 18.0 Å². The van der Waals surface area contributed by atoms with Crippen molar-refractivity contribution >= 4 is 0 Å². The summed E-state index contributed by atoms with van der Waals surface area (Å²) < 4.78 is 5.51. The van der Waals surface area contributed by atoms with Crippen LogP contribution < -0.4 is 5.73 Å². The van der Waals surface area contributed by atoms with Crippen molar-refractivity contribution in [3.05, 3.63) is 23.7 Å². The van der Waals surface area contributed by atoms with Gasteiger partial charge in [0.1, 0.15) is 5.76 Å². The number of piperidine rings is 1. The van der Waals surface area contributed by atoms with Gasteiger partial charge in [-0.05, 0) is 37.4 Å².